The molecular weight excluding hydrogens is 248 g/mol. The van der Waals surface area contributed by atoms with Gasteiger partial charge in [-0.2, -0.15) is 4.98 Å². The van der Waals surface area contributed by atoms with E-state index in [-0.39, 0.29) is 6.61 Å². The van der Waals surface area contributed by atoms with Crippen molar-refractivity contribution < 1.29 is 9.63 Å². The molecule has 5 heteroatoms. The van der Waals surface area contributed by atoms with Gasteiger partial charge in [0.2, 0.25) is 5.89 Å². The molecule has 96 valence electrons. The number of aromatic nitrogens is 2. The van der Waals surface area contributed by atoms with Crippen LogP contribution in [0.1, 0.15) is 24.6 Å². The molecular formula is C13H16N2O2S. The Labute approximate surface area is 110 Å². The van der Waals surface area contributed by atoms with E-state index in [0.29, 0.717) is 11.6 Å². The number of hydrogen-bond acceptors (Lipinski definition) is 5. The molecule has 1 aromatic carbocycles. The lowest BCUT2D eigenvalue weighted by molar-refractivity contribution is 0.280. The number of thioether (sulfide) groups is 1. The van der Waals surface area contributed by atoms with Crippen LogP contribution in [0, 0.1) is 0 Å². The van der Waals surface area contributed by atoms with Crippen molar-refractivity contribution in [3.05, 3.63) is 42.0 Å². The molecule has 0 fully saturated rings. The molecule has 18 heavy (non-hydrogen) atoms. The van der Waals surface area contributed by atoms with Crippen LogP contribution in [0.3, 0.4) is 0 Å². The molecule has 4 nitrogen and oxygen atoms in total. The van der Waals surface area contributed by atoms with Gasteiger partial charge in [-0.1, -0.05) is 23.4 Å². The number of benzene rings is 1. The summed E-state index contributed by atoms with van der Waals surface area (Å²) >= 11 is 1.69. The number of aliphatic hydroxyl groups is 1. The zero-order chi connectivity index (χ0) is 12.6. The third kappa shape index (κ3) is 4.16. The number of hydrogen-bond donors (Lipinski definition) is 1. The maximum absolute atomic E-state index is 8.69. The van der Waals surface area contributed by atoms with Crippen LogP contribution in [0.2, 0.25) is 0 Å². The van der Waals surface area contributed by atoms with E-state index in [9.17, 15) is 0 Å². The molecule has 0 spiro atoms. The van der Waals surface area contributed by atoms with E-state index in [0.717, 1.165) is 25.1 Å². The highest BCUT2D eigenvalue weighted by molar-refractivity contribution is 7.98. The molecule has 0 saturated carbocycles. The Balaban J connectivity index is 1.80. The normalized spacial score (nSPS) is 10.7. The summed E-state index contributed by atoms with van der Waals surface area (Å²) in [4.78, 5) is 5.52. The Morgan fingerprint density at radius 2 is 2.00 bits per heavy atom. The standard InChI is InChI=1S/C13H16N2O2S/c16-9-5-4-8-13-14-12(15-17-13)10-18-11-6-2-1-3-7-11/h1-3,6-7,16H,4-5,8-10H2. The monoisotopic (exact) mass is 264 g/mol. The minimum Gasteiger partial charge on any atom is -0.396 e. The van der Waals surface area contributed by atoms with Crippen LogP contribution in [0.4, 0.5) is 0 Å². The molecule has 0 bridgehead atoms. The first-order valence-electron chi connectivity index (χ1n) is 5.98. The zero-order valence-electron chi connectivity index (χ0n) is 10.1. The van der Waals surface area contributed by atoms with Crippen LogP contribution in [-0.2, 0) is 12.2 Å². The quantitative estimate of drug-likeness (QED) is 0.615. The molecule has 0 unspecified atom stereocenters. The van der Waals surface area contributed by atoms with E-state index >= 15 is 0 Å². The lowest BCUT2D eigenvalue weighted by atomic mass is 10.2. The molecule has 0 saturated heterocycles. The summed E-state index contributed by atoms with van der Waals surface area (Å²) < 4.78 is 5.14. The molecule has 1 N–H and O–H groups in total. The fourth-order valence-electron chi connectivity index (χ4n) is 1.50. The van der Waals surface area contributed by atoms with Gasteiger partial charge in [0, 0.05) is 17.9 Å². The topological polar surface area (TPSA) is 59.2 Å². The molecule has 0 aliphatic heterocycles. The first kappa shape index (κ1) is 13.1. The zero-order valence-corrected chi connectivity index (χ0v) is 10.9. The summed E-state index contributed by atoms with van der Waals surface area (Å²) in [7, 11) is 0. The SMILES string of the molecule is OCCCCc1nc(CSc2ccccc2)no1. The third-order valence-corrected chi connectivity index (χ3v) is 3.43. The Kier molecular flexibility index (Phi) is 5.23. The van der Waals surface area contributed by atoms with E-state index in [2.05, 4.69) is 22.3 Å². The predicted octanol–water partition coefficient (Wildman–Crippen LogP) is 2.68. The molecule has 1 heterocycles. The average molecular weight is 264 g/mol. The van der Waals surface area contributed by atoms with Crippen LogP contribution in [0.5, 0.6) is 0 Å². The Morgan fingerprint density at radius 3 is 2.78 bits per heavy atom. The Hall–Kier alpha value is -1.33. The second kappa shape index (κ2) is 7.18. The first-order valence-corrected chi connectivity index (χ1v) is 6.97. The molecule has 2 aromatic rings. The highest BCUT2D eigenvalue weighted by Gasteiger charge is 2.06. The van der Waals surface area contributed by atoms with Gasteiger partial charge in [0.25, 0.3) is 0 Å². The molecule has 0 aliphatic carbocycles. The second-order valence-electron chi connectivity index (χ2n) is 3.89. The van der Waals surface area contributed by atoms with Crippen molar-refractivity contribution in [2.45, 2.75) is 29.9 Å². The summed E-state index contributed by atoms with van der Waals surface area (Å²) in [5.74, 6) is 2.10. The van der Waals surface area contributed by atoms with Crippen molar-refractivity contribution in [2.75, 3.05) is 6.61 Å². The first-order chi connectivity index (χ1) is 8.88. The van der Waals surface area contributed by atoms with Gasteiger partial charge in [0.05, 0.1) is 5.75 Å². The van der Waals surface area contributed by atoms with Crippen molar-refractivity contribution in [1.82, 2.24) is 10.1 Å². The highest BCUT2D eigenvalue weighted by Crippen LogP contribution is 2.20. The molecule has 0 radical (unpaired) electrons. The van der Waals surface area contributed by atoms with Gasteiger partial charge in [0.15, 0.2) is 5.82 Å². The molecule has 2 rings (SSSR count). The lowest BCUT2D eigenvalue weighted by Crippen LogP contribution is -1.89. The number of nitrogens with zero attached hydrogens (tertiary/aromatic N) is 2. The van der Waals surface area contributed by atoms with Crippen LogP contribution in [0.25, 0.3) is 0 Å². The summed E-state index contributed by atoms with van der Waals surface area (Å²) in [5, 5.41) is 12.6. The van der Waals surface area contributed by atoms with Crippen molar-refractivity contribution in [2.24, 2.45) is 0 Å². The molecule has 1 aromatic heterocycles. The minimum atomic E-state index is 0.213. The average Bonchev–Trinajstić information content (AvgIpc) is 2.86. The number of unbranched alkanes of at least 4 members (excludes halogenated alkanes) is 1. The van der Waals surface area contributed by atoms with Crippen molar-refractivity contribution in [3.63, 3.8) is 0 Å². The van der Waals surface area contributed by atoms with Crippen LogP contribution >= 0.6 is 11.8 Å². The summed E-state index contributed by atoms with van der Waals surface area (Å²) in [6.45, 7) is 0.213. The Morgan fingerprint density at radius 1 is 1.17 bits per heavy atom. The lowest BCUT2D eigenvalue weighted by Gasteiger charge is -1.96. The molecule has 0 aliphatic rings. The maximum atomic E-state index is 8.69. The number of aryl methyl sites for hydroxylation is 1. The fourth-order valence-corrected chi connectivity index (χ4v) is 2.27. The minimum absolute atomic E-state index is 0.213. The predicted molar refractivity (Wildman–Crippen MR) is 70.3 cm³/mol. The smallest absolute Gasteiger partial charge is 0.226 e. The van der Waals surface area contributed by atoms with Crippen molar-refractivity contribution in [1.29, 1.82) is 0 Å². The highest BCUT2D eigenvalue weighted by atomic mass is 32.2. The van der Waals surface area contributed by atoms with Gasteiger partial charge in [-0.3, -0.25) is 0 Å². The van der Waals surface area contributed by atoms with Gasteiger partial charge < -0.3 is 9.63 Å². The number of aliphatic hydroxyl groups excluding tert-OH is 1. The summed E-state index contributed by atoms with van der Waals surface area (Å²) in [6, 6.07) is 10.1. The number of rotatable bonds is 7. The van der Waals surface area contributed by atoms with E-state index in [1.54, 1.807) is 11.8 Å². The van der Waals surface area contributed by atoms with Crippen LogP contribution < -0.4 is 0 Å². The molecule has 0 amide bonds. The van der Waals surface area contributed by atoms with Crippen LogP contribution in [0.15, 0.2) is 39.8 Å². The summed E-state index contributed by atoms with van der Waals surface area (Å²) in [6.07, 6.45) is 2.39. The largest absolute Gasteiger partial charge is 0.396 e. The Bertz CT molecular complexity index is 459. The van der Waals surface area contributed by atoms with Gasteiger partial charge >= 0.3 is 0 Å². The van der Waals surface area contributed by atoms with Gasteiger partial charge in [-0.05, 0) is 25.0 Å². The molecule has 0 atom stereocenters. The fraction of sp³-hybridized carbons (Fsp3) is 0.385. The van der Waals surface area contributed by atoms with E-state index < -0.39 is 0 Å². The van der Waals surface area contributed by atoms with Gasteiger partial charge in [-0.25, -0.2) is 0 Å². The van der Waals surface area contributed by atoms with Crippen molar-refractivity contribution in [3.8, 4) is 0 Å². The van der Waals surface area contributed by atoms with Crippen molar-refractivity contribution >= 4 is 11.8 Å². The second-order valence-corrected chi connectivity index (χ2v) is 4.94. The van der Waals surface area contributed by atoms with E-state index in [4.69, 9.17) is 9.63 Å². The van der Waals surface area contributed by atoms with E-state index in [1.165, 1.54) is 4.90 Å². The van der Waals surface area contributed by atoms with Crippen LogP contribution in [-0.4, -0.2) is 21.9 Å². The van der Waals surface area contributed by atoms with Gasteiger partial charge in [-0.15, -0.1) is 11.8 Å². The maximum Gasteiger partial charge on any atom is 0.226 e. The third-order valence-electron chi connectivity index (χ3n) is 2.42. The van der Waals surface area contributed by atoms with E-state index in [1.807, 2.05) is 18.2 Å². The van der Waals surface area contributed by atoms with Gasteiger partial charge in [0.1, 0.15) is 0 Å². The summed E-state index contributed by atoms with van der Waals surface area (Å²) in [5.41, 5.74) is 0.